The van der Waals surface area contributed by atoms with Crippen LogP contribution in [-0.2, 0) is 9.53 Å². The summed E-state index contributed by atoms with van der Waals surface area (Å²) in [4.78, 5) is 13.9. The van der Waals surface area contributed by atoms with Crippen LogP contribution in [0.5, 0.6) is 0 Å². The van der Waals surface area contributed by atoms with E-state index >= 15 is 0 Å². The molecule has 20 heavy (non-hydrogen) atoms. The van der Waals surface area contributed by atoms with E-state index in [1.165, 1.54) is 0 Å². The second kappa shape index (κ2) is 7.96. The van der Waals surface area contributed by atoms with Gasteiger partial charge in [0.15, 0.2) is 0 Å². The Hall–Kier alpha value is -0.650. The van der Waals surface area contributed by atoms with Crippen LogP contribution in [0.2, 0.25) is 0 Å². The van der Waals surface area contributed by atoms with E-state index in [2.05, 4.69) is 24.1 Å². The molecule has 0 spiro atoms. The van der Waals surface area contributed by atoms with Gasteiger partial charge in [0.05, 0.1) is 6.61 Å². The lowest BCUT2D eigenvalue weighted by Gasteiger charge is -2.35. The molecule has 2 N–H and O–H groups in total. The number of aliphatic carboxylic acids is 1. The van der Waals surface area contributed by atoms with Gasteiger partial charge in [-0.1, -0.05) is 6.92 Å². The fraction of sp³-hybridized carbons (Fsp3) is 0.933. The predicted molar refractivity (Wildman–Crippen MR) is 80.0 cm³/mol. The molecule has 118 valence electrons. The summed E-state index contributed by atoms with van der Waals surface area (Å²) in [5.41, 5.74) is -0.834. The van der Waals surface area contributed by atoms with E-state index in [1.54, 1.807) is 6.92 Å². The van der Waals surface area contributed by atoms with Gasteiger partial charge in [0, 0.05) is 25.2 Å². The third-order valence-electron chi connectivity index (χ3n) is 4.03. The second-order valence-corrected chi connectivity index (χ2v) is 5.93. The third-order valence-corrected chi connectivity index (χ3v) is 4.03. The van der Waals surface area contributed by atoms with Crippen molar-refractivity contribution < 1.29 is 14.6 Å². The van der Waals surface area contributed by atoms with Crippen LogP contribution in [-0.4, -0.2) is 59.9 Å². The molecule has 1 rings (SSSR count). The monoisotopic (exact) mass is 286 g/mol. The Morgan fingerprint density at radius 2 is 2.15 bits per heavy atom. The number of carboxylic acid groups (broad SMARTS) is 1. The van der Waals surface area contributed by atoms with Crippen LogP contribution in [0.3, 0.4) is 0 Å². The van der Waals surface area contributed by atoms with Gasteiger partial charge in [-0.15, -0.1) is 0 Å². The summed E-state index contributed by atoms with van der Waals surface area (Å²) in [6, 6.07) is 0.606. The van der Waals surface area contributed by atoms with Crippen molar-refractivity contribution >= 4 is 5.97 Å². The maximum absolute atomic E-state index is 11.6. The lowest BCUT2D eigenvalue weighted by molar-refractivity contribution is -0.145. The minimum atomic E-state index is -0.834. The number of nitrogens with zero attached hydrogens (tertiary/aromatic N) is 1. The number of nitrogens with one attached hydrogen (secondary N) is 1. The first-order valence-corrected chi connectivity index (χ1v) is 7.75. The number of carboxylic acids is 1. The fourth-order valence-electron chi connectivity index (χ4n) is 2.62. The van der Waals surface area contributed by atoms with Crippen molar-refractivity contribution in [2.45, 2.75) is 64.6 Å². The molecule has 0 amide bonds. The number of hydrogen-bond donors (Lipinski definition) is 2. The van der Waals surface area contributed by atoms with Crippen LogP contribution < -0.4 is 5.32 Å². The van der Waals surface area contributed by atoms with Gasteiger partial charge in [0.25, 0.3) is 0 Å². The summed E-state index contributed by atoms with van der Waals surface area (Å²) in [7, 11) is 0. The zero-order valence-electron chi connectivity index (χ0n) is 13.3. The maximum Gasteiger partial charge on any atom is 0.323 e. The van der Waals surface area contributed by atoms with Crippen molar-refractivity contribution in [3.8, 4) is 0 Å². The van der Waals surface area contributed by atoms with Gasteiger partial charge in [0.2, 0.25) is 0 Å². The van der Waals surface area contributed by atoms with Gasteiger partial charge >= 0.3 is 5.97 Å². The van der Waals surface area contributed by atoms with Crippen molar-refractivity contribution in [3.05, 3.63) is 0 Å². The molecule has 0 bridgehead atoms. The quantitative estimate of drug-likeness (QED) is 0.566. The predicted octanol–water partition coefficient (Wildman–Crippen LogP) is 1.72. The standard InChI is InChI=1S/C15H30N2O3/c1-5-17(9-10-20-6-2)12(3)11-15(4,14(18)19)16-13-7-8-13/h12-13,16H,5-11H2,1-4H3,(H,18,19). The number of carbonyl (C=O) groups is 1. The highest BCUT2D eigenvalue weighted by Gasteiger charge is 2.40. The molecule has 2 unspecified atom stereocenters. The highest BCUT2D eigenvalue weighted by atomic mass is 16.5. The molecule has 0 aromatic carbocycles. The highest BCUT2D eigenvalue weighted by molar-refractivity contribution is 5.78. The Morgan fingerprint density at radius 1 is 1.50 bits per heavy atom. The Balaban J connectivity index is 2.53. The molecule has 1 fully saturated rings. The average Bonchev–Trinajstić information content (AvgIpc) is 3.18. The third kappa shape index (κ3) is 5.38. The van der Waals surface area contributed by atoms with Crippen LogP contribution in [0.25, 0.3) is 0 Å². The summed E-state index contributed by atoms with van der Waals surface area (Å²) in [5.74, 6) is -0.753. The highest BCUT2D eigenvalue weighted by Crippen LogP contribution is 2.26. The van der Waals surface area contributed by atoms with Crippen LogP contribution >= 0.6 is 0 Å². The van der Waals surface area contributed by atoms with E-state index in [9.17, 15) is 9.90 Å². The minimum absolute atomic E-state index is 0.216. The van der Waals surface area contributed by atoms with E-state index in [4.69, 9.17) is 4.74 Å². The van der Waals surface area contributed by atoms with Crippen molar-refractivity contribution in [3.63, 3.8) is 0 Å². The van der Waals surface area contributed by atoms with Crippen LogP contribution in [0, 0.1) is 0 Å². The Morgan fingerprint density at radius 3 is 2.60 bits per heavy atom. The number of likely N-dealkylation sites (N-methyl/N-ethyl adjacent to an activating group) is 1. The average molecular weight is 286 g/mol. The molecule has 0 aromatic heterocycles. The lowest BCUT2D eigenvalue weighted by Crippen LogP contribution is -2.54. The van der Waals surface area contributed by atoms with Gasteiger partial charge < -0.3 is 9.84 Å². The first kappa shape index (κ1) is 17.4. The fourth-order valence-corrected chi connectivity index (χ4v) is 2.62. The van der Waals surface area contributed by atoms with E-state index in [0.717, 1.165) is 32.5 Å². The first-order chi connectivity index (χ1) is 9.42. The van der Waals surface area contributed by atoms with E-state index in [-0.39, 0.29) is 6.04 Å². The smallest absolute Gasteiger partial charge is 0.323 e. The largest absolute Gasteiger partial charge is 0.480 e. The molecule has 0 saturated heterocycles. The van der Waals surface area contributed by atoms with Gasteiger partial charge in [0.1, 0.15) is 5.54 Å². The van der Waals surface area contributed by atoms with Gasteiger partial charge in [-0.3, -0.25) is 15.0 Å². The van der Waals surface area contributed by atoms with Crippen molar-refractivity contribution in [1.82, 2.24) is 10.2 Å². The van der Waals surface area contributed by atoms with Crippen molar-refractivity contribution in [1.29, 1.82) is 0 Å². The lowest BCUT2D eigenvalue weighted by atomic mass is 9.92. The number of rotatable bonds is 11. The molecular weight excluding hydrogens is 256 g/mol. The molecule has 5 nitrogen and oxygen atoms in total. The molecule has 0 radical (unpaired) electrons. The Kier molecular flexibility index (Phi) is 6.92. The molecule has 1 aliphatic carbocycles. The Bertz CT molecular complexity index is 307. The molecule has 5 heteroatoms. The second-order valence-electron chi connectivity index (χ2n) is 5.93. The summed E-state index contributed by atoms with van der Waals surface area (Å²) >= 11 is 0. The summed E-state index contributed by atoms with van der Waals surface area (Å²) in [5, 5.41) is 12.8. The van der Waals surface area contributed by atoms with Crippen LogP contribution in [0.1, 0.15) is 47.0 Å². The van der Waals surface area contributed by atoms with Gasteiger partial charge in [-0.25, -0.2) is 0 Å². The zero-order valence-corrected chi connectivity index (χ0v) is 13.3. The molecular formula is C15H30N2O3. The molecule has 1 aliphatic rings. The molecule has 1 saturated carbocycles. The van der Waals surface area contributed by atoms with E-state index < -0.39 is 11.5 Å². The Labute approximate surface area is 122 Å². The zero-order chi connectivity index (χ0) is 15.2. The molecule has 0 aromatic rings. The molecule has 0 aliphatic heterocycles. The number of ether oxygens (including phenoxy) is 1. The summed E-state index contributed by atoms with van der Waals surface area (Å²) in [6.07, 6.45) is 2.80. The van der Waals surface area contributed by atoms with Crippen LogP contribution in [0.4, 0.5) is 0 Å². The minimum Gasteiger partial charge on any atom is -0.480 e. The molecule has 2 atom stereocenters. The topological polar surface area (TPSA) is 61.8 Å². The summed E-state index contributed by atoms with van der Waals surface area (Å²) in [6.45, 7) is 11.2. The van der Waals surface area contributed by atoms with Crippen molar-refractivity contribution in [2.75, 3.05) is 26.3 Å². The SMILES string of the molecule is CCOCCN(CC)C(C)CC(C)(NC1CC1)C(=O)O. The molecule has 0 heterocycles. The van der Waals surface area contributed by atoms with Gasteiger partial charge in [-0.05, 0) is 46.6 Å². The first-order valence-electron chi connectivity index (χ1n) is 7.75. The summed E-state index contributed by atoms with van der Waals surface area (Å²) < 4.78 is 5.39. The maximum atomic E-state index is 11.6. The van der Waals surface area contributed by atoms with Gasteiger partial charge in [-0.2, -0.15) is 0 Å². The van der Waals surface area contributed by atoms with Crippen molar-refractivity contribution in [2.24, 2.45) is 0 Å². The van der Waals surface area contributed by atoms with E-state index in [1.807, 2.05) is 6.92 Å². The van der Waals surface area contributed by atoms with E-state index in [0.29, 0.717) is 19.1 Å². The normalized spacial score (nSPS) is 19.9. The number of hydrogen-bond acceptors (Lipinski definition) is 4. The van der Waals surface area contributed by atoms with Crippen LogP contribution in [0.15, 0.2) is 0 Å².